The second kappa shape index (κ2) is 11.3. The molecule has 0 radical (unpaired) electrons. The Bertz CT molecular complexity index is 773. The van der Waals surface area contributed by atoms with Crippen molar-refractivity contribution in [2.24, 2.45) is 12.0 Å². The number of aryl methyl sites for hydroxylation is 1. The fourth-order valence-electron chi connectivity index (χ4n) is 2.58. The van der Waals surface area contributed by atoms with E-state index in [2.05, 4.69) is 49.0 Å². The van der Waals surface area contributed by atoms with Gasteiger partial charge in [0.15, 0.2) is 5.96 Å². The number of nitrogens with one attached hydrogen (secondary N) is 2. The van der Waals surface area contributed by atoms with E-state index in [1.807, 2.05) is 44.6 Å². The van der Waals surface area contributed by atoms with Gasteiger partial charge in [0.1, 0.15) is 0 Å². The van der Waals surface area contributed by atoms with Crippen molar-refractivity contribution in [1.29, 1.82) is 0 Å². The Morgan fingerprint density at radius 2 is 1.96 bits per heavy atom. The molecule has 0 saturated carbocycles. The van der Waals surface area contributed by atoms with Gasteiger partial charge in [-0.25, -0.2) is 4.99 Å². The molecule has 0 fully saturated rings. The van der Waals surface area contributed by atoms with Gasteiger partial charge < -0.3 is 20.1 Å². The zero-order valence-corrected chi connectivity index (χ0v) is 20.0. The summed E-state index contributed by atoms with van der Waals surface area (Å²) in [6.45, 7) is 4.16. The number of carbonyl (C=O) groups is 1. The van der Waals surface area contributed by atoms with Crippen LogP contribution in [0, 0.1) is 0 Å². The first-order chi connectivity index (χ1) is 12.4. The van der Waals surface area contributed by atoms with Crippen LogP contribution in [-0.4, -0.2) is 42.0 Å². The third-order valence-corrected chi connectivity index (χ3v) is 4.46. The quantitative estimate of drug-likeness (QED) is 0.331. The Morgan fingerprint density at radius 3 is 2.48 bits per heavy atom. The fourth-order valence-corrected chi connectivity index (χ4v) is 3.15. The summed E-state index contributed by atoms with van der Waals surface area (Å²) in [7, 11) is 5.69. The molecule has 0 aliphatic carbocycles. The van der Waals surface area contributed by atoms with Gasteiger partial charge >= 0.3 is 0 Å². The maximum Gasteiger partial charge on any atom is 0.251 e. The normalized spacial score (nSPS) is 10.9. The van der Waals surface area contributed by atoms with Crippen molar-refractivity contribution < 1.29 is 4.79 Å². The number of carbonyl (C=O) groups excluding carboxylic acids is 1. The first kappa shape index (κ1) is 23.5. The maximum absolute atomic E-state index is 11.6. The minimum atomic E-state index is -0.0816. The number of benzene rings is 1. The molecular formula is C19H27BrIN5O. The molecule has 2 N–H and O–H groups in total. The molecule has 0 spiro atoms. The molecular weight excluding hydrogens is 521 g/mol. The Hall–Kier alpha value is -1.55. The van der Waals surface area contributed by atoms with Crippen molar-refractivity contribution in [1.82, 2.24) is 20.1 Å². The number of hydrogen-bond acceptors (Lipinski definition) is 2. The van der Waals surface area contributed by atoms with E-state index < -0.39 is 0 Å². The molecule has 0 bridgehead atoms. The van der Waals surface area contributed by atoms with Crippen molar-refractivity contribution >= 4 is 51.8 Å². The monoisotopic (exact) mass is 547 g/mol. The van der Waals surface area contributed by atoms with E-state index in [1.165, 1.54) is 5.69 Å². The Labute approximate surface area is 186 Å². The zero-order chi connectivity index (χ0) is 19.1. The Kier molecular flexibility index (Phi) is 9.86. The Balaban J connectivity index is 0.00000364. The van der Waals surface area contributed by atoms with Crippen molar-refractivity contribution in [3.8, 4) is 0 Å². The zero-order valence-electron chi connectivity index (χ0n) is 16.1. The number of halogens is 2. The van der Waals surface area contributed by atoms with Gasteiger partial charge in [-0.15, -0.1) is 24.0 Å². The van der Waals surface area contributed by atoms with Crippen LogP contribution < -0.4 is 10.6 Å². The lowest BCUT2D eigenvalue weighted by Gasteiger charge is -2.22. The summed E-state index contributed by atoms with van der Waals surface area (Å²) in [6.07, 6.45) is 2.04. The van der Waals surface area contributed by atoms with E-state index in [1.54, 1.807) is 7.05 Å². The molecule has 2 rings (SSSR count). The van der Waals surface area contributed by atoms with Gasteiger partial charge in [-0.1, -0.05) is 12.1 Å². The van der Waals surface area contributed by atoms with Crippen LogP contribution in [0.5, 0.6) is 0 Å². The second-order valence-electron chi connectivity index (χ2n) is 6.06. The van der Waals surface area contributed by atoms with Crippen LogP contribution in [0.3, 0.4) is 0 Å². The van der Waals surface area contributed by atoms with Crippen molar-refractivity contribution in [2.75, 3.05) is 20.6 Å². The van der Waals surface area contributed by atoms with Crippen LogP contribution in [0.25, 0.3) is 0 Å². The summed E-state index contributed by atoms with van der Waals surface area (Å²) in [5.41, 5.74) is 2.90. The van der Waals surface area contributed by atoms with E-state index in [0.717, 1.165) is 29.1 Å². The molecule has 0 unspecified atom stereocenters. The highest BCUT2D eigenvalue weighted by Crippen LogP contribution is 2.15. The van der Waals surface area contributed by atoms with E-state index >= 15 is 0 Å². The number of aliphatic imine (C=N–C) groups is 1. The minimum Gasteiger partial charge on any atom is -0.357 e. The van der Waals surface area contributed by atoms with Crippen LogP contribution in [0.15, 0.2) is 46.0 Å². The van der Waals surface area contributed by atoms with Crippen LogP contribution >= 0.6 is 39.9 Å². The number of guanidine groups is 1. The average Bonchev–Trinajstić information content (AvgIpc) is 2.95. The molecule has 0 aliphatic heterocycles. The highest BCUT2D eigenvalue weighted by atomic mass is 127. The summed E-state index contributed by atoms with van der Waals surface area (Å²) in [5.74, 6) is 0.766. The van der Waals surface area contributed by atoms with Crippen molar-refractivity contribution in [2.45, 2.75) is 20.0 Å². The van der Waals surface area contributed by atoms with Crippen molar-refractivity contribution in [3.05, 3.63) is 57.8 Å². The van der Waals surface area contributed by atoms with E-state index in [-0.39, 0.29) is 29.9 Å². The summed E-state index contributed by atoms with van der Waals surface area (Å²) in [6, 6.07) is 9.62. The van der Waals surface area contributed by atoms with Gasteiger partial charge in [0.25, 0.3) is 5.91 Å². The SMILES string of the molecule is CCNC(=NCc1ccc(C(=O)NC)cc1)N(C)Cc1cc(Br)cn1C.I. The fraction of sp³-hybridized carbons (Fsp3) is 0.368. The van der Waals surface area contributed by atoms with E-state index in [4.69, 9.17) is 4.99 Å². The lowest BCUT2D eigenvalue weighted by Crippen LogP contribution is -2.38. The lowest BCUT2D eigenvalue weighted by molar-refractivity contribution is 0.0963. The first-order valence-corrected chi connectivity index (χ1v) is 9.35. The second-order valence-corrected chi connectivity index (χ2v) is 6.98. The van der Waals surface area contributed by atoms with Crippen LogP contribution in [0.4, 0.5) is 0 Å². The third-order valence-electron chi connectivity index (χ3n) is 4.02. The highest BCUT2D eigenvalue weighted by molar-refractivity contribution is 14.0. The van der Waals surface area contributed by atoms with Gasteiger partial charge in [-0.05, 0) is 46.6 Å². The number of aromatic nitrogens is 1. The molecule has 1 aromatic carbocycles. The van der Waals surface area contributed by atoms with Gasteiger partial charge in [-0.3, -0.25) is 4.79 Å². The summed E-state index contributed by atoms with van der Waals surface area (Å²) in [5, 5.41) is 5.95. The number of hydrogen-bond donors (Lipinski definition) is 2. The number of nitrogens with zero attached hydrogens (tertiary/aromatic N) is 3. The highest BCUT2D eigenvalue weighted by Gasteiger charge is 2.10. The van der Waals surface area contributed by atoms with Gasteiger partial charge in [0.2, 0.25) is 0 Å². The molecule has 0 saturated heterocycles. The smallest absolute Gasteiger partial charge is 0.251 e. The molecule has 6 nitrogen and oxygen atoms in total. The lowest BCUT2D eigenvalue weighted by atomic mass is 10.1. The largest absolute Gasteiger partial charge is 0.357 e. The molecule has 1 heterocycles. The van der Waals surface area contributed by atoms with Crippen LogP contribution in [0.1, 0.15) is 28.5 Å². The molecule has 0 atom stereocenters. The molecule has 8 heteroatoms. The maximum atomic E-state index is 11.6. The third kappa shape index (κ3) is 6.84. The predicted molar refractivity (Wildman–Crippen MR) is 125 cm³/mol. The molecule has 148 valence electrons. The molecule has 2 aromatic rings. The van der Waals surface area contributed by atoms with Gasteiger partial charge in [0, 0.05) is 49.6 Å². The first-order valence-electron chi connectivity index (χ1n) is 8.55. The predicted octanol–water partition coefficient (Wildman–Crippen LogP) is 3.36. The minimum absolute atomic E-state index is 0. The molecule has 1 aromatic heterocycles. The van der Waals surface area contributed by atoms with Gasteiger partial charge in [-0.2, -0.15) is 0 Å². The van der Waals surface area contributed by atoms with Crippen LogP contribution in [-0.2, 0) is 20.1 Å². The Morgan fingerprint density at radius 1 is 1.30 bits per heavy atom. The molecule has 0 aliphatic rings. The summed E-state index contributed by atoms with van der Waals surface area (Å²) >= 11 is 3.51. The standard InChI is InChI=1S/C19H26BrN5O.HI/c1-5-22-19(25(4)13-17-10-16(20)12-24(17)3)23-11-14-6-8-15(9-7-14)18(26)21-2;/h6-10,12H,5,11,13H2,1-4H3,(H,21,26)(H,22,23);1H. The molecule has 1 amide bonds. The van der Waals surface area contributed by atoms with E-state index in [9.17, 15) is 4.79 Å². The number of rotatable bonds is 6. The summed E-state index contributed by atoms with van der Waals surface area (Å²) in [4.78, 5) is 18.4. The molecule has 27 heavy (non-hydrogen) atoms. The summed E-state index contributed by atoms with van der Waals surface area (Å²) < 4.78 is 3.17. The average molecular weight is 548 g/mol. The van der Waals surface area contributed by atoms with Gasteiger partial charge in [0.05, 0.1) is 13.1 Å². The van der Waals surface area contributed by atoms with Crippen LogP contribution in [0.2, 0.25) is 0 Å². The van der Waals surface area contributed by atoms with Crippen molar-refractivity contribution in [3.63, 3.8) is 0 Å². The van der Waals surface area contributed by atoms with E-state index in [0.29, 0.717) is 12.1 Å². The number of amides is 1. The topological polar surface area (TPSA) is 61.7 Å².